The second-order valence-corrected chi connectivity index (χ2v) is 4.14. The number of esters is 1. The van der Waals surface area contributed by atoms with E-state index >= 15 is 0 Å². The lowest BCUT2D eigenvalue weighted by atomic mass is 9.94. The average Bonchev–Trinajstić information content (AvgIpc) is 2.45. The van der Waals surface area contributed by atoms with Gasteiger partial charge in [-0.3, -0.25) is 0 Å². The van der Waals surface area contributed by atoms with E-state index in [0.29, 0.717) is 11.3 Å². The zero-order chi connectivity index (χ0) is 14.0. The van der Waals surface area contributed by atoms with Crippen LogP contribution in [0.4, 0.5) is 4.39 Å². The minimum atomic E-state index is -1.23. The number of rotatable bonds is 3. The summed E-state index contributed by atoms with van der Waals surface area (Å²) < 4.78 is 34.2. The Bertz CT molecular complexity index is 484. The quantitative estimate of drug-likeness (QED) is 0.616. The first-order valence-corrected chi connectivity index (χ1v) is 5.71. The minimum absolute atomic E-state index is 0.0864. The molecule has 0 radical (unpaired) electrons. The number of carbonyl (C=O) groups excluding carboxylic acids is 1. The van der Waals surface area contributed by atoms with E-state index in [1.807, 2.05) is 0 Å². The van der Waals surface area contributed by atoms with Gasteiger partial charge in [0, 0.05) is 14.2 Å². The van der Waals surface area contributed by atoms with E-state index < -0.39 is 23.7 Å². The Balaban J connectivity index is 2.49. The van der Waals surface area contributed by atoms with Gasteiger partial charge in [0.15, 0.2) is 0 Å². The molecule has 0 bridgehead atoms. The van der Waals surface area contributed by atoms with Gasteiger partial charge in [-0.15, -0.1) is 0 Å². The first-order chi connectivity index (χ1) is 9.06. The summed E-state index contributed by atoms with van der Waals surface area (Å²) in [5.41, 5.74) is 0.414. The molecule has 0 aliphatic carbocycles. The van der Waals surface area contributed by atoms with E-state index in [2.05, 4.69) is 4.74 Å². The number of hydrogen-bond donors (Lipinski definition) is 0. The maximum Gasteiger partial charge on any atom is 0.347 e. The maximum absolute atomic E-state index is 13.4. The summed E-state index contributed by atoms with van der Waals surface area (Å²) in [5, 5.41) is 0. The first-order valence-electron chi connectivity index (χ1n) is 5.71. The van der Waals surface area contributed by atoms with Gasteiger partial charge in [-0.25, -0.2) is 9.18 Å². The molecule has 6 heteroatoms. The van der Waals surface area contributed by atoms with Gasteiger partial charge in [-0.2, -0.15) is 0 Å². The Hall–Kier alpha value is -1.66. The molecule has 0 fully saturated rings. The molecule has 1 aliphatic heterocycles. The van der Waals surface area contributed by atoms with Crippen LogP contribution in [-0.2, 0) is 24.8 Å². The van der Waals surface area contributed by atoms with Crippen molar-refractivity contribution in [1.82, 2.24) is 0 Å². The molecule has 0 aromatic heterocycles. The highest BCUT2D eigenvalue weighted by Crippen LogP contribution is 2.42. The van der Waals surface area contributed by atoms with Crippen LogP contribution in [0, 0.1) is 5.82 Å². The molecule has 0 saturated carbocycles. The molecule has 1 heterocycles. The van der Waals surface area contributed by atoms with E-state index in [4.69, 9.17) is 14.2 Å². The summed E-state index contributed by atoms with van der Waals surface area (Å²) in [6, 6.07) is 3.96. The molecule has 0 saturated heterocycles. The number of halogens is 1. The third-order valence-electron chi connectivity index (χ3n) is 3.20. The predicted molar refractivity (Wildman–Crippen MR) is 63.1 cm³/mol. The second-order valence-electron chi connectivity index (χ2n) is 4.14. The van der Waals surface area contributed by atoms with Crippen LogP contribution in [0.5, 0.6) is 5.75 Å². The lowest BCUT2D eigenvalue weighted by Gasteiger charge is -2.39. The number of ether oxygens (including phenoxy) is 4. The van der Waals surface area contributed by atoms with Crippen molar-refractivity contribution in [3.05, 3.63) is 29.6 Å². The SMILES string of the molecule is COC(=O)C1CC(OC)(OC)c2cc(F)ccc2O1. The third kappa shape index (κ3) is 2.29. The highest BCUT2D eigenvalue weighted by atomic mass is 19.1. The van der Waals surface area contributed by atoms with Gasteiger partial charge in [0.25, 0.3) is 0 Å². The number of fused-ring (bicyclic) bond motifs is 1. The van der Waals surface area contributed by atoms with Gasteiger partial charge in [0.2, 0.25) is 11.9 Å². The Labute approximate surface area is 110 Å². The highest BCUT2D eigenvalue weighted by molar-refractivity contribution is 5.75. The molecule has 2 rings (SSSR count). The Morgan fingerprint density at radius 1 is 1.37 bits per heavy atom. The summed E-state index contributed by atoms with van der Waals surface area (Å²) in [6.07, 6.45) is -0.772. The van der Waals surface area contributed by atoms with Crippen molar-refractivity contribution in [3.8, 4) is 5.75 Å². The predicted octanol–water partition coefficient (Wildman–Crippen LogP) is 1.60. The van der Waals surface area contributed by atoms with Gasteiger partial charge in [0.05, 0.1) is 19.1 Å². The second kappa shape index (κ2) is 5.14. The zero-order valence-corrected chi connectivity index (χ0v) is 10.9. The smallest absolute Gasteiger partial charge is 0.347 e. The number of hydrogen-bond acceptors (Lipinski definition) is 5. The van der Waals surface area contributed by atoms with E-state index in [-0.39, 0.29) is 6.42 Å². The van der Waals surface area contributed by atoms with Crippen LogP contribution in [0.1, 0.15) is 12.0 Å². The van der Waals surface area contributed by atoms with Crippen molar-refractivity contribution >= 4 is 5.97 Å². The molecular formula is C13H15FO5. The average molecular weight is 270 g/mol. The molecule has 1 aromatic rings. The van der Waals surface area contributed by atoms with Gasteiger partial charge >= 0.3 is 5.97 Å². The lowest BCUT2D eigenvalue weighted by molar-refractivity contribution is -0.240. The molecule has 0 N–H and O–H groups in total. The normalized spacial score (nSPS) is 20.3. The molecule has 0 spiro atoms. The maximum atomic E-state index is 13.4. The van der Waals surface area contributed by atoms with Crippen LogP contribution in [0.25, 0.3) is 0 Å². The summed E-state index contributed by atoms with van der Waals surface area (Å²) in [5.74, 6) is -1.85. The largest absolute Gasteiger partial charge is 0.478 e. The van der Waals surface area contributed by atoms with Crippen molar-refractivity contribution in [2.45, 2.75) is 18.3 Å². The van der Waals surface area contributed by atoms with Crippen molar-refractivity contribution in [2.24, 2.45) is 0 Å². The van der Waals surface area contributed by atoms with Crippen LogP contribution in [0.2, 0.25) is 0 Å². The molecule has 104 valence electrons. The summed E-state index contributed by atoms with van der Waals surface area (Å²) in [6.45, 7) is 0. The zero-order valence-electron chi connectivity index (χ0n) is 10.9. The van der Waals surface area contributed by atoms with Gasteiger partial charge < -0.3 is 18.9 Å². The van der Waals surface area contributed by atoms with Crippen molar-refractivity contribution in [1.29, 1.82) is 0 Å². The summed E-state index contributed by atoms with van der Waals surface area (Å²) in [4.78, 5) is 11.6. The molecule has 1 atom stereocenters. The van der Waals surface area contributed by atoms with Crippen LogP contribution in [0.3, 0.4) is 0 Å². The fraction of sp³-hybridized carbons (Fsp3) is 0.462. The molecule has 1 aromatic carbocycles. The van der Waals surface area contributed by atoms with Crippen LogP contribution < -0.4 is 4.74 Å². The first kappa shape index (κ1) is 13.8. The van der Waals surface area contributed by atoms with Crippen molar-refractivity contribution in [2.75, 3.05) is 21.3 Å². The standard InChI is InChI=1S/C13H15FO5/c1-16-12(15)11-7-13(17-2,18-3)9-6-8(14)4-5-10(9)19-11/h4-6,11H,7H2,1-3H3. The van der Waals surface area contributed by atoms with E-state index in [1.165, 1.54) is 39.5 Å². The van der Waals surface area contributed by atoms with Crippen molar-refractivity contribution < 1.29 is 28.1 Å². The Morgan fingerprint density at radius 3 is 2.63 bits per heavy atom. The van der Waals surface area contributed by atoms with Gasteiger partial charge in [-0.05, 0) is 18.2 Å². The Morgan fingerprint density at radius 2 is 2.05 bits per heavy atom. The van der Waals surface area contributed by atoms with Gasteiger partial charge in [0.1, 0.15) is 11.6 Å². The van der Waals surface area contributed by atoms with E-state index in [0.717, 1.165) is 0 Å². The molecule has 1 aliphatic rings. The van der Waals surface area contributed by atoms with Crippen LogP contribution in [0.15, 0.2) is 18.2 Å². The van der Waals surface area contributed by atoms with Crippen molar-refractivity contribution in [3.63, 3.8) is 0 Å². The topological polar surface area (TPSA) is 54.0 Å². The monoisotopic (exact) mass is 270 g/mol. The molecule has 0 amide bonds. The number of benzene rings is 1. The lowest BCUT2D eigenvalue weighted by Crippen LogP contribution is -2.45. The van der Waals surface area contributed by atoms with Gasteiger partial charge in [-0.1, -0.05) is 0 Å². The van der Waals surface area contributed by atoms with Crippen LogP contribution in [-0.4, -0.2) is 33.4 Å². The number of carbonyl (C=O) groups is 1. The number of methoxy groups -OCH3 is 3. The highest BCUT2D eigenvalue weighted by Gasteiger charge is 2.45. The van der Waals surface area contributed by atoms with E-state index in [1.54, 1.807) is 0 Å². The molecular weight excluding hydrogens is 255 g/mol. The fourth-order valence-electron chi connectivity index (χ4n) is 2.18. The summed E-state index contributed by atoms with van der Waals surface area (Å²) in [7, 11) is 4.13. The van der Waals surface area contributed by atoms with Crippen LogP contribution >= 0.6 is 0 Å². The third-order valence-corrected chi connectivity index (χ3v) is 3.20. The van der Waals surface area contributed by atoms with E-state index in [9.17, 15) is 9.18 Å². The molecule has 5 nitrogen and oxygen atoms in total. The molecule has 1 unspecified atom stereocenters. The Kier molecular flexibility index (Phi) is 3.73. The summed E-state index contributed by atoms with van der Waals surface area (Å²) >= 11 is 0. The minimum Gasteiger partial charge on any atom is -0.478 e. The molecule has 19 heavy (non-hydrogen) atoms. The fourth-order valence-corrected chi connectivity index (χ4v) is 2.18.